The van der Waals surface area contributed by atoms with Gasteiger partial charge in [0, 0.05) is 32.6 Å². The van der Waals surface area contributed by atoms with E-state index >= 15 is 0 Å². The summed E-state index contributed by atoms with van der Waals surface area (Å²) in [6.45, 7) is 3.69. The predicted octanol–water partition coefficient (Wildman–Crippen LogP) is 1.81. The van der Waals surface area contributed by atoms with Crippen molar-refractivity contribution in [2.24, 2.45) is 5.92 Å². The van der Waals surface area contributed by atoms with Gasteiger partial charge in [-0.05, 0) is 42.9 Å². The molecule has 2 amide bonds. The van der Waals surface area contributed by atoms with Gasteiger partial charge >= 0.3 is 0 Å². The van der Waals surface area contributed by atoms with E-state index in [0.717, 1.165) is 30.6 Å². The van der Waals surface area contributed by atoms with Crippen molar-refractivity contribution >= 4 is 11.8 Å². The number of rotatable bonds is 6. The highest BCUT2D eigenvalue weighted by Crippen LogP contribution is 2.24. The summed E-state index contributed by atoms with van der Waals surface area (Å²) in [5.74, 6) is 0.0120. The van der Waals surface area contributed by atoms with Crippen molar-refractivity contribution in [3.05, 3.63) is 53.1 Å². The predicted molar refractivity (Wildman–Crippen MR) is 108 cm³/mol. The molecule has 0 spiro atoms. The maximum Gasteiger partial charge on any atom is 0.257 e. The summed E-state index contributed by atoms with van der Waals surface area (Å²) in [7, 11) is 0. The molecule has 1 aromatic carbocycles. The highest BCUT2D eigenvalue weighted by atomic mass is 19.1. The smallest absolute Gasteiger partial charge is 0.257 e. The second-order valence-electron chi connectivity index (χ2n) is 7.92. The zero-order chi connectivity index (χ0) is 20.9. The number of hydrogen-bond acceptors (Lipinski definition) is 4. The van der Waals surface area contributed by atoms with Crippen LogP contribution in [0.3, 0.4) is 0 Å². The van der Waals surface area contributed by atoms with Crippen LogP contribution in [0.5, 0.6) is 0 Å². The molecular weight excluding hydrogens is 387 g/mol. The first kappa shape index (κ1) is 20.5. The molecule has 2 aliphatic heterocycles. The fourth-order valence-electron chi connectivity index (χ4n) is 4.04. The molecule has 1 fully saturated rings. The van der Waals surface area contributed by atoms with Gasteiger partial charge < -0.3 is 15.0 Å². The van der Waals surface area contributed by atoms with Crippen molar-refractivity contribution < 1.29 is 18.7 Å². The molecule has 0 radical (unpaired) electrons. The quantitative estimate of drug-likeness (QED) is 0.782. The molecule has 1 N–H and O–H groups in total. The van der Waals surface area contributed by atoms with Crippen molar-refractivity contribution in [2.75, 3.05) is 32.8 Å². The van der Waals surface area contributed by atoms with Crippen LogP contribution in [-0.4, -0.2) is 59.3 Å². The third-order valence-electron chi connectivity index (χ3n) is 5.85. The molecule has 30 heavy (non-hydrogen) atoms. The van der Waals surface area contributed by atoms with Crippen molar-refractivity contribution in [3.8, 4) is 0 Å². The van der Waals surface area contributed by atoms with E-state index in [1.165, 1.54) is 12.1 Å². The summed E-state index contributed by atoms with van der Waals surface area (Å²) in [5, 5.41) is 7.41. The highest BCUT2D eigenvalue weighted by molar-refractivity contribution is 5.95. The van der Waals surface area contributed by atoms with Crippen LogP contribution in [-0.2, 0) is 28.9 Å². The number of morpholine rings is 1. The van der Waals surface area contributed by atoms with Gasteiger partial charge in [-0.2, -0.15) is 5.10 Å². The van der Waals surface area contributed by atoms with Crippen LogP contribution in [0.4, 0.5) is 4.39 Å². The van der Waals surface area contributed by atoms with Crippen molar-refractivity contribution in [1.29, 1.82) is 0 Å². The second-order valence-corrected chi connectivity index (χ2v) is 7.92. The Hall–Kier alpha value is -2.74. The molecule has 1 aromatic heterocycles. The average Bonchev–Trinajstić information content (AvgIpc) is 3.20. The summed E-state index contributed by atoms with van der Waals surface area (Å²) in [4.78, 5) is 26.9. The van der Waals surface area contributed by atoms with Crippen LogP contribution in [0.2, 0.25) is 0 Å². The lowest BCUT2D eigenvalue weighted by Crippen LogP contribution is -2.41. The van der Waals surface area contributed by atoms with Crippen molar-refractivity contribution in [1.82, 2.24) is 20.0 Å². The third kappa shape index (κ3) is 4.87. The Morgan fingerprint density at radius 3 is 2.70 bits per heavy atom. The van der Waals surface area contributed by atoms with Gasteiger partial charge in [0.05, 0.1) is 30.7 Å². The van der Waals surface area contributed by atoms with Crippen LogP contribution >= 0.6 is 0 Å². The zero-order valence-corrected chi connectivity index (χ0v) is 17.0. The van der Waals surface area contributed by atoms with Crippen LogP contribution in [0, 0.1) is 11.7 Å². The first-order chi connectivity index (χ1) is 14.6. The fraction of sp³-hybridized carbons (Fsp3) is 0.500. The molecule has 0 unspecified atom stereocenters. The molecule has 3 heterocycles. The van der Waals surface area contributed by atoms with E-state index in [1.54, 1.807) is 18.3 Å². The van der Waals surface area contributed by atoms with E-state index in [-0.39, 0.29) is 23.5 Å². The average molecular weight is 414 g/mol. The Balaban J connectivity index is 1.28. The van der Waals surface area contributed by atoms with Gasteiger partial charge in [0.15, 0.2) is 0 Å². The molecule has 0 aliphatic carbocycles. The zero-order valence-electron chi connectivity index (χ0n) is 17.0. The third-order valence-corrected chi connectivity index (χ3v) is 5.85. The van der Waals surface area contributed by atoms with Gasteiger partial charge in [-0.15, -0.1) is 0 Å². The number of benzene rings is 1. The minimum absolute atomic E-state index is 0.0111. The second kappa shape index (κ2) is 9.38. The van der Waals surface area contributed by atoms with Crippen molar-refractivity contribution in [2.45, 2.75) is 32.2 Å². The first-order valence-corrected chi connectivity index (χ1v) is 10.5. The number of amides is 2. The highest BCUT2D eigenvalue weighted by Gasteiger charge is 2.28. The molecule has 2 aliphatic rings. The number of ether oxygens (including phenoxy) is 1. The van der Waals surface area contributed by atoms with Crippen molar-refractivity contribution in [3.63, 3.8) is 0 Å². The number of aromatic nitrogens is 2. The summed E-state index contributed by atoms with van der Waals surface area (Å²) in [6, 6.07) is 6.23. The largest absolute Gasteiger partial charge is 0.378 e. The van der Waals surface area contributed by atoms with E-state index in [2.05, 4.69) is 10.4 Å². The van der Waals surface area contributed by atoms with E-state index in [9.17, 15) is 14.0 Å². The number of aryl methyl sites for hydroxylation is 2. The van der Waals surface area contributed by atoms with Crippen LogP contribution in [0.1, 0.15) is 34.5 Å². The topological polar surface area (TPSA) is 76.5 Å². The summed E-state index contributed by atoms with van der Waals surface area (Å²) in [6.07, 6.45) is 4.28. The van der Waals surface area contributed by atoms with Gasteiger partial charge in [0.2, 0.25) is 5.91 Å². The van der Waals surface area contributed by atoms with Crippen LogP contribution < -0.4 is 5.32 Å². The number of halogens is 1. The lowest BCUT2D eigenvalue weighted by Gasteiger charge is -2.28. The number of carbonyl (C=O) groups excluding carboxylic acids is 2. The van der Waals surface area contributed by atoms with Gasteiger partial charge in [0.1, 0.15) is 5.82 Å². The normalized spacial score (nSPS) is 18.7. The molecule has 2 aromatic rings. The molecule has 1 atom stereocenters. The molecule has 1 saturated heterocycles. The molecule has 4 rings (SSSR count). The number of nitrogens with zero attached hydrogens (tertiary/aromatic N) is 3. The number of nitrogens with one attached hydrogen (secondary N) is 1. The molecule has 160 valence electrons. The summed E-state index contributed by atoms with van der Waals surface area (Å²) < 4.78 is 20.2. The van der Waals surface area contributed by atoms with Gasteiger partial charge in [-0.1, -0.05) is 12.1 Å². The number of hydrogen-bond donors (Lipinski definition) is 1. The Morgan fingerprint density at radius 2 is 1.93 bits per heavy atom. The number of carbonyl (C=O) groups is 2. The number of fused-ring (bicyclic) bond motifs is 1. The van der Waals surface area contributed by atoms with Gasteiger partial charge in [-0.3, -0.25) is 14.3 Å². The van der Waals surface area contributed by atoms with E-state index in [0.29, 0.717) is 51.3 Å². The van der Waals surface area contributed by atoms with Gasteiger partial charge in [-0.25, -0.2) is 4.39 Å². The SMILES string of the molecule is O=C(CCc1ccc(F)cc1)NC[C@H]1CCn2ncc(C(=O)N3CCOCC3)c2C1. The Labute approximate surface area is 175 Å². The molecule has 7 nitrogen and oxygen atoms in total. The molecule has 8 heteroatoms. The Morgan fingerprint density at radius 1 is 1.17 bits per heavy atom. The minimum Gasteiger partial charge on any atom is -0.378 e. The molecular formula is C22H27FN4O3. The van der Waals surface area contributed by atoms with E-state index in [1.807, 2.05) is 9.58 Å². The maximum absolute atomic E-state index is 13.0. The first-order valence-electron chi connectivity index (χ1n) is 10.5. The maximum atomic E-state index is 13.0. The fourth-order valence-corrected chi connectivity index (χ4v) is 4.04. The standard InChI is InChI=1S/C22H27FN4O3/c23-18-4-1-16(2-5-18)3-6-21(28)24-14-17-7-8-27-20(13-17)19(15-25-27)22(29)26-9-11-30-12-10-26/h1-2,4-5,15,17H,3,6-14H2,(H,24,28)/t17-/m0/s1. The molecule has 0 saturated carbocycles. The lowest BCUT2D eigenvalue weighted by atomic mass is 9.94. The van der Waals surface area contributed by atoms with E-state index < -0.39 is 0 Å². The Kier molecular flexibility index (Phi) is 6.42. The lowest BCUT2D eigenvalue weighted by molar-refractivity contribution is -0.121. The van der Waals surface area contributed by atoms with E-state index in [4.69, 9.17) is 4.74 Å². The summed E-state index contributed by atoms with van der Waals surface area (Å²) >= 11 is 0. The monoisotopic (exact) mass is 414 g/mol. The van der Waals surface area contributed by atoms with Gasteiger partial charge in [0.25, 0.3) is 5.91 Å². The minimum atomic E-state index is -0.272. The van der Waals surface area contributed by atoms with Crippen LogP contribution in [0.25, 0.3) is 0 Å². The Bertz CT molecular complexity index is 890. The molecule has 0 bridgehead atoms. The van der Waals surface area contributed by atoms with Crippen LogP contribution in [0.15, 0.2) is 30.5 Å². The summed E-state index contributed by atoms with van der Waals surface area (Å²) in [5.41, 5.74) is 2.58.